The summed E-state index contributed by atoms with van der Waals surface area (Å²) in [6.45, 7) is 2.22. The summed E-state index contributed by atoms with van der Waals surface area (Å²) in [5, 5.41) is 17.9. The monoisotopic (exact) mass is 261 g/mol. The summed E-state index contributed by atoms with van der Waals surface area (Å²) in [5.41, 5.74) is 0.476. The topological polar surface area (TPSA) is 86.5 Å². The summed E-state index contributed by atoms with van der Waals surface area (Å²) >= 11 is 0. The molecule has 1 aliphatic rings. The van der Waals surface area contributed by atoms with Gasteiger partial charge in [0.15, 0.2) is 0 Å². The number of hydrogen-bond donors (Lipinski definition) is 1. The van der Waals surface area contributed by atoms with Crippen LogP contribution in [0.15, 0.2) is 18.3 Å². The molecule has 0 spiro atoms. The molecule has 100 valence electrons. The molecule has 1 fully saturated rings. The van der Waals surface area contributed by atoms with Crippen LogP contribution in [0, 0.1) is 11.3 Å². The van der Waals surface area contributed by atoms with E-state index in [1.807, 2.05) is 13.0 Å². The maximum atomic E-state index is 11.1. The lowest BCUT2D eigenvalue weighted by atomic mass is 10.0. The number of nitriles is 1. The van der Waals surface area contributed by atoms with Crippen molar-refractivity contribution in [1.29, 1.82) is 5.26 Å². The Morgan fingerprint density at radius 2 is 2.42 bits per heavy atom. The van der Waals surface area contributed by atoms with E-state index in [9.17, 15) is 4.79 Å². The smallest absolute Gasteiger partial charge is 0.407 e. The van der Waals surface area contributed by atoms with Gasteiger partial charge in [0, 0.05) is 18.3 Å². The molecule has 0 bridgehead atoms. The standard InChI is InChI=1S/C13H15N3O3/c1-9-2-3-11(8-16(9)13(17)18)19-12-6-10(7-14)4-5-15-12/h4-6,9,11H,2-3,8H2,1H3,(H,17,18)/t9-,11-/m1/s1. The highest BCUT2D eigenvalue weighted by atomic mass is 16.5. The largest absolute Gasteiger partial charge is 0.472 e. The van der Waals surface area contributed by atoms with Gasteiger partial charge >= 0.3 is 6.09 Å². The van der Waals surface area contributed by atoms with Crippen LogP contribution in [0.5, 0.6) is 5.88 Å². The first-order valence-electron chi connectivity index (χ1n) is 6.12. The first kappa shape index (κ1) is 13.1. The average molecular weight is 261 g/mol. The normalized spacial score (nSPS) is 22.6. The molecule has 1 N–H and O–H groups in total. The van der Waals surface area contributed by atoms with Gasteiger partial charge in [-0.25, -0.2) is 9.78 Å². The number of pyridine rings is 1. The maximum Gasteiger partial charge on any atom is 0.407 e. The minimum Gasteiger partial charge on any atom is -0.472 e. The first-order chi connectivity index (χ1) is 9.10. The van der Waals surface area contributed by atoms with Crippen molar-refractivity contribution in [2.45, 2.75) is 31.9 Å². The van der Waals surface area contributed by atoms with E-state index in [4.69, 9.17) is 15.1 Å². The van der Waals surface area contributed by atoms with Crippen molar-refractivity contribution in [1.82, 2.24) is 9.88 Å². The van der Waals surface area contributed by atoms with Crippen LogP contribution < -0.4 is 4.74 Å². The van der Waals surface area contributed by atoms with E-state index in [0.29, 0.717) is 18.0 Å². The zero-order valence-electron chi connectivity index (χ0n) is 10.6. The Morgan fingerprint density at radius 1 is 1.63 bits per heavy atom. The molecule has 1 aromatic rings. The molecule has 2 heterocycles. The molecule has 6 nitrogen and oxygen atoms in total. The molecule has 6 heteroatoms. The Morgan fingerprint density at radius 3 is 3.11 bits per heavy atom. The number of piperidine rings is 1. The molecule has 0 aliphatic carbocycles. The molecule has 0 radical (unpaired) electrons. The van der Waals surface area contributed by atoms with Crippen molar-refractivity contribution in [3.63, 3.8) is 0 Å². The van der Waals surface area contributed by atoms with E-state index in [-0.39, 0.29) is 12.1 Å². The quantitative estimate of drug-likeness (QED) is 0.878. The number of carboxylic acid groups (broad SMARTS) is 1. The third-order valence-electron chi connectivity index (χ3n) is 3.24. The van der Waals surface area contributed by atoms with Gasteiger partial charge < -0.3 is 14.7 Å². The van der Waals surface area contributed by atoms with Gasteiger partial charge in [0.1, 0.15) is 6.10 Å². The second-order valence-corrected chi connectivity index (χ2v) is 4.60. The van der Waals surface area contributed by atoms with Gasteiger partial charge in [0.2, 0.25) is 5.88 Å². The Kier molecular flexibility index (Phi) is 3.85. The third kappa shape index (κ3) is 3.13. The predicted octanol–water partition coefficient (Wildman–Crippen LogP) is 1.86. The van der Waals surface area contributed by atoms with Gasteiger partial charge in [-0.05, 0) is 25.8 Å². The molecule has 0 unspecified atom stereocenters. The zero-order chi connectivity index (χ0) is 13.8. The van der Waals surface area contributed by atoms with Gasteiger partial charge in [0.25, 0.3) is 0 Å². The van der Waals surface area contributed by atoms with Crippen molar-refractivity contribution < 1.29 is 14.6 Å². The number of aromatic nitrogens is 1. The Hall–Kier alpha value is -2.29. The Balaban J connectivity index is 2.03. The summed E-state index contributed by atoms with van der Waals surface area (Å²) in [6.07, 6.45) is 1.90. The van der Waals surface area contributed by atoms with Crippen molar-refractivity contribution in [3.05, 3.63) is 23.9 Å². The summed E-state index contributed by atoms with van der Waals surface area (Å²) < 4.78 is 5.66. The van der Waals surface area contributed by atoms with E-state index < -0.39 is 6.09 Å². The Labute approximate surface area is 111 Å². The highest BCUT2D eigenvalue weighted by Crippen LogP contribution is 2.21. The summed E-state index contributed by atoms with van der Waals surface area (Å²) in [5.74, 6) is 0.365. The van der Waals surface area contributed by atoms with E-state index in [0.717, 1.165) is 12.8 Å². The number of hydrogen-bond acceptors (Lipinski definition) is 4. The van der Waals surface area contributed by atoms with E-state index in [1.54, 1.807) is 12.1 Å². The van der Waals surface area contributed by atoms with Crippen LogP contribution in [-0.4, -0.2) is 39.8 Å². The van der Waals surface area contributed by atoms with Crippen molar-refractivity contribution in [2.75, 3.05) is 6.54 Å². The van der Waals surface area contributed by atoms with Gasteiger partial charge in [-0.3, -0.25) is 0 Å². The second kappa shape index (κ2) is 5.57. The van der Waals surface area contributed by atoms with Crippen molar-refractivity contribution >= 4 is 6.09 Å². The van der Waals surface area contributed by atoms with Gasteiger partial charge in [-0.15, -0.1) is 0 Å². The fourth-order valence-corrected chi connectivity index (χ4v) is 2.15. The van der Waals surface area contributed by atoms with Crippen LogP contribution in [0.3, 0.4) is 0 Å². The lowest BCUT2D eigenvalue weighted by Gasteiger charge is -2.35. The van der Waals surface area contributed by atoms with Crippen LogP contribution in [0.1, 0.15) is 25.3 Å². The molecule has 2 atom stereocenters. The molecular formula is C13H15N3O3. The first-order valence-corrected chi connectivity index (χ1v) is 6.12. The summed E-state index contributed by atoms with van der Waals surface area (Å²) in [6, 6.07) is 5.18. The lowest BCUT2D eigenvalue weighted by molar-refractivity contribution is 0.0520. The molecular weight excluding hydrogens is 246 g/mol. The van der Waals surface area contributed by atoms with Crippen LogP contribution in [0.25, 0.3) is 0 Å². The molecule has 0 saturated carbocycles. The molecule has 1 amide bonds. The number of carbonyl (C=O) groups is 1. The fourth-order valence-electron chi connectivity index (χ4n) is 2.15. The highest BCUT2D eigenvalue weighted by Gasteiger charge is 2.30. The molecule has 1 aliphatic heterocycles. The summed E-state index contributed by atoms with van der Waals surface area (Å²) in [7, 11) is 0. The number of rotatable bonds is 2. The van der Waals surface area contributed by atoms with Gasteiger partial charge in [-0.1, -0.05) is 0 Å². The minimum absolute atomic E-state index is 0.00996. The second-order valence-electron chi connectivity index (χ2n) is 4.60. The van der Waals surface area contributed by atoms with E-state index >= 15 is 0 Å². The average Bonchev–Trinajstić information content (AvgIpc) is 2.41. The number of likely N-dealkylation sites (tertiary alicyclic amines) is 1. The van der Waals surface area contributed by atoms with Crippen LogP contribution in [0.4, 0.5) is 4.79 Å². The molecule has 0 aromatic carbocycles. The fraction of sp³-hybridized carbons (Fsp3) is 0.462. The van der Waals surface area contributed by atoms with Crippen LogP contribution in [-0.2, 0) is 0 Å². The number of ether oxygens (including phenoxy) is 1. The van der Waals surface area contributed by atoms with Crippen LogP contribution >= 0.6 is 0 Å². The van der Waals surface area contributed by atoms with Crippen molar-refractivity contribution in [3.8, 4) is 11.9 Å². The predicted molar refractivity (Wildman–Crippen MR) is 66.8 cm³/mol. The van der Waals surface area contributed by atoms with E-state index in [2.05, 4.69) is 4.98 Å². The molecule has 2 rings (SSSR count). The SMILES string of the molecule is C[C@@H]1CC[C@@H](Oc2cc(C#N)ccn2)CN1C(=O)O. The highest BCUT2D eigenvalue weighted by molar-refractivity contribution is 5.65. The third-order valence-corrected chi connectivity index (χ3v) is 3.24. The van der Waals surface area contributed by atoms with Gasteiger partial charge in [0.05, 0.1) is 18.2 Å². The number of nitrogens with zero attached hydrogens (tertiary/aromatic N) is 3. The molecule has 19 heavy (non-hydrogen) atoms. The van der Waals surface area contributed by atoms with Gasteiger partial charge in [-0.2, -0.15) is 5.26 Å². The summed E-state index contributed by atoms with van der Waals surface area (Å²) in [4.78, 5) is 16.5. The van der Waals surface area contributed by atoms with Crippen LogP contribution in [0.2, 0.25) is 0 Å². The number of amides is 1. The molecule has 1 saturated heterocycles. The van der Waals surface area contributed by atoms with E-state index in [1.165, 1.54) is 11.1 Å². The maximum absolute atomic E-state index is 11.1. The minimum atomic E-state index is -0.931. The molecule has 1 aromatic heterocycles. The lowest BCUT2D eigenvalue weighted by Crippen LogP contribution is -2.48. The van der Waals surface area contributed by atoms with Crippen molar-refractivity contribution in [2.24, 2.45) is 0 Å². The Bertz CT molecular complexity index is 512. The zero-order valence-corrected chi connectivity index (χ0v) is 10.6.